The largest absolute Gasteiger partial charge is 0.497 e. The molecule has 0 radical (unpaired) electrons. The molecule has 0 spiro atoms. The number of hydrogen-bond donors (Lipinski definition) is 1. The van der Waals surface area contributed by atoms with Crippen molar-refractivity contribution in [1.29, 1.82) is 0 Å². The molecule has 0 bridgehead atoms. The van der Waals surface area contributed by atoms with Gasteiger partial charge >= 0.3 is 0 Å². The van der Waals surface area contributed by atoms with Gasteiger partial charge in [-0.1, -0.05) is 25.1 Å². The van der Waals surface area contributed by atoms with Crippen LogP contribution in [0.1, 0.15) is 36.5 Å². The molecule has 0 fully saturated rings. The number of methoxy groups -OCH3 is 1. The molecule has 1 N–H and O–H groups in total. The topological polar surface area (TPSA) is 69.4 Å². The molecule has 2 aromatic heterocycles. The standard InChI is InChI=1S/C19H23N3O3S/c1-13(2)19(16-5-4-10-26-16)20-11-18-21-17(22-25-18)12-24-15-8-6-14(23-3)7-9-15/h4-10,13,19-20H,11-12H2,1-3H3. The summed E-state index contributed by atoms with van der Waals surface area (Å²) in [5.74, 6) is 3.06. The van der Waals surface area contributed by atoms with Crippen molar-refractivity contribution in [2.75, 3.05) is 7.11 Å². The van der Waals surface area contributed by atoms with Gasteiger partial charge in [0.25, 0.3) is 0 Å². The zero-order chi connectivity index (χ0) is 18.4. The molecule has 0 amide bonds. The van der Waals surface area contributed by atoms with Gasteiger partial charge in [0, 0.05) is 10.9 Å². The summed E-state index contributed by atoms with van der Waals surface area (Å²) in [6, 6.07) is 11.9. The Morgan fingerprint density at radius 1 is 1.15 bits per heavy atom. The van der Waals surface area contributed by atoms with Crippen LogP contribution in [0, 0.1) is 5.92 Å². The Bertz CT molecular complexity index is 785. The van der Waals surface area contributed by atoms with Crippen LogP contribution in [0.5, 0.6) is 11.5 Å². The summed E-state index contributed by atoms with van der Waals surface area (Å²) in [6.07, 6.45) is 0. The van der Waals surface area contributed by atoms with Crippen LogP contribution in [-0.4, -0.2) is 17.3 Å². The van der Waals surface area contributed by atoms with Gasteiger partial charge in [-0.3, -0.25) is 0 Å². The van der Waals surface area contributed by atoms with Crippen molar-refractivity contribution in [1.82, 2.24) is 15.5 Å². The SMILES string of the molecule is COc1ccc(OCc2noc(CNC(c3cccs3)C(C)C)n2)cc1. The lowest BCUT2D eigenvalue weighted by Crippen LogP contribution is -2.24. The van der Waals surface area contributed by atoms with Crippen molar-refractivity contribution in [2.24, 2.45) is 5.92 Å². The van der Waals surface area contributed by atoms with E-state index in [0.717, 1.165) is 11.5 Å². The predicted molar refractivity (Wildman–Crippen MR) is 100 cm³/mol. The third-order valence-electron chi connectivity index (χ3n) is 3.93. The average molecular weight is 373 g/mol. The summed E-state index contributed by atoms with van der Waals surface area (Å²) in [6.45, 7) is 5.17. The minimum atomic E-state index is 0.258. The third-order valence-corrected chi connectivity index (χ3v) is 4.88. The molecule has 26 heavy (non-hydrogen) atoms. The van der Waals surface area contributed by atoms with Gasteiger partial charge in [0.15, 0.2) is 6.61 Å². The molecular formula is C19H23N3O3S. The van der Waals surface area contributed by atoms with E-state index in [-0.39, 0.29) is 12.6 Å². The quantitative estimate of drug-likeness (QED) is 0.606. The Hall–Kier alpha value is -2.38. The molecule has 2 heterocycles. The van der Waals surface area contributed by atoms with E-state index >= 15 is 0 Å². The van der Waals surface area contributed by atoms with Crippen LogP contribution in [-0.2, 0) is 13.2 Å². The third kappa shape index (κ3) is 4.83. The molecule has 7 heteroatoms. The maximum atomic E-state index is 5.67. The molecule has 1 unspecified atom stereocenters. The number of nitrogens with one attached hydrogen (secondary N) is 1. The van der Waals surface area contributed by atoms with E-state index in [1.54, 1.807) is 18.4 Å². The number of benzene rings is 1. The lowest BCUT2D eigenvalue weighted by Gasteiger charge is -2.20. The molecule has 0 aliphatic rings. The van der Waals surface area contributed by atoms with Gasteiger partial charge in [0.1, 0.15) is 11.5 Å². The number of thiophene rings is 1. The molecule has 3 rings (SSSR count). The van der Waals surface area contributed by atoms with Gasteiger partial charge < -0.3 is 19.3 Å². The van der Waals surface area contributed by atoms with Gasteiger partial charge in [0.2, 0.25) is 11.7 Å². The molecule has 1 atom stereocenters. The first kappa shape index (κ1) is 18.4. The predicted octanol–water partition coefficient (Wildman–Crippen LogP) is 4.21. The first-order valence-electron chi connectivity index (χ1n) is 8.51. The molecule has 138 valence electrons. The van der Waals surface area contributed by atoms with E-state index < -0.39 is 0 Å². The van der Waals surface area contributed by atoms with Crippen LogP contribution < -0.4 is 14.8 Å². The monoisotopic (exact) mass is 373 g/mol. The van der Waals surface area contributed by atoms with E-state index in [1.807, 2.05) is 24.3 Å². The number of nitrogens with zero attached hydrogens (tertiary/aromatic N) is 2. The van der Waals surface area contributed by atoms with Gasteiger partial charge in [-0.25, -0.2) is 0 Å². The summed E-state index contributed by atoms with van der Waals surface area (Å²) >= 11 is 1.75. The Balaban J connectivity index is 1.52. The highest BCUT2D eigenvalue weighted by atomic mass is 32.1. The summed E-state index contributed by atoms with van der Waals surface area (Å²) in [7, 11) is 1.63. The number of rotatable bonds is 9. The van der Waals surface area contributed by atoms with E-state index in [4.69, 9.17) is 14.0 Å². The molecule has 3 aromatic rings. The minimum absolute atomic E-state index is 0.258. The fourth-order valence-electron chi connectivity index (χ4n) is 2.57. The number of aromatic nitrogens is 2. The summed E-state index contributed by atoms with van der Waals surface area (Å²) in [5.41, 5.74) is 0. The molecular weight excluding hydrogens is 350 g/mol. The van der Waals surface area contributed by atoms with Crippen molar-refractivity contribution >= 4 is 11.3 Å². The van der Waals surface area contributed by atoms with Crippen LogP contribution >= 0.6 is 11.3 Å². The Kier molecular flexibility index (Phi) is 6.25. The zero-order valence-corrected chi connectivity index (χ0v) is 16.0. The number of hydrogen-bond acceptors (Lipinski definition) is 7. The van der Waals surface area contributed by atoms with Crippen molar-refractivity contribution in [3.05, 3.63) is 58.4 Å². The van der Waals surface area contributed by atoms with Gasteiger partial charge in [0.05, 0.1) is 13.7 Å². The smallest absolute Gasteiger partial charge is 0.240 e. The second kappa shape index (κ2) is 8.82. The summed E-state index contributed by atoms with van der Waals surface area (Å²) in [5, 5.41) is 9.57. The van der Waals surface area contributed by atoms with Crippen LogP contribution in [0.15, 0.2) is 46.3 Å². The molecule has 0 saturated carbocycles. The van der Waals surface area contributed by atoms with Crippen molar-refractivity contribution in [2.45, 2.75) is 33.0 Å². The van der Waals surface area contributed by atoms with Gasteiger partial charge in [-0.05, 0) is 41.6 Å². The van der Waals surface area contributed by atoms with E-state index in [1.165, 1.54) is 4.88 Å². The van der Waals surface area contributed by atoms with Crippen LogP contribution in [0.3, 0.4) is 0 Å². The molecule has 1 aromatic carbocycles. The van der Waals surface area contributed by atoms with Crippen LogP contribution in [0.2, 0.25) is 0 Å². The minimum Gasteiger partial charge on any atom is -0.497 e. The van der Waals surface area contributed by atoms with E-state index in [0.29, 0.717) is 24.2 Å². The normalized spacial score (nSPS) is 12.3. The highest BCUT2D eigenvalue weighted by Crippen LogP contribution is 2.26. The first-order chi connectivity index (χ1) is 12.7. The van der Waals surface area contributed by atoms with Crippen LogP contribution in [0.4, 0.5) is 0 Å². The molecule has 0 aliphatic carbocycles. The first-order valence-corrected chi connectivity index (χ1v) is 9.38. The molecule has 0 aliphatic heterocycles. The second-order valence-corrected chi connectivity index (χ2v) is 7.17. The Labute approximate surface area is 157 Å². The Morgan fingerprint density at radius 2 is 1.92 bits per heavy atom. The number of ether oxygens (including phenoxy) is 2. The maximum Gasteiger partial charge on any atom is 0.240 e. The fraction of sp³-hybridized carbons (Fsp3) is 0.368. The van der Waals surface area contributed by atoms with Crippen molar-refractivity contribution in [3.8, 4) is 11.5 Å². The fourth-order valence-corrected chi connectivity index (χ4v) is 3.54. The molecule has 0 saturated heterocycles. The summed E-state index contributed by atoms with van der Waals surface area (Å²) in [4.78, 5) is 5.69. The maximum absolute atomic E-state index is 5.67. The average Bonchev–Trinajstić information content (AvgIpc) is 3.32. The second-order valence-electron chi connectivity index (χ2n) is 6.19. The van der Waals surface area contributed by atoms with Gasteiger partial charge in [-0.2, -0.15) is 4.98 Å². The zero-order valence-electron chi connectivity index (χ0n) is 15.1. The van der Waals surface area contributed by atoms with Crippen molar-refractivity contribution < 1.29 is 14.0 Å². The highest BCUT2D eigenvalue weighted by molar-refractivity contribution is 7.10. The van der Waals surface area contributed by atoms with E-state index in [9.17, 15) is 0 Å². The molecule has 6 nitrogen and oxygen atoms in total. The van der Waals surface area contributed by atoms with Crippen LogP contribution in [0.25, 0.3) is 0 Å². The highest BCUT2D eigenvalue weighted by Gasteiger charge is 2.17. The van der Waals surface area contributed by atoms with Gasteiger partial charge in [-0.15, -0.1) is 11.3 Å². The Morgan fingerprint density at radius 3 is 2.58 bits per heavy atom. The lowest BCUT2D eigenvalue weighted by molar-refractivity contribution is 0.283. The lowest BCUT2D eigenvalue weighted by atomic mass is 10.0. The van der Waals surface area contributed by atoms with Crippen molar-refractivity contribution in [3.63, 3.8) is 0 Å². The summed E-state index contributed by atoms with van der Waals surface area (Å²) < 4.78 is 16.1. The van der Waals surface area contributed by atoms with E-state index in [2.05, 4.69) is 46.8 Å².